The van der Waals surface area contributed by atoms with Gasteiger partial charge in [0.05, 0.1) is 5.39 Å². The SMILES string of the molecule is Cc1cc(C)c2c(-n3cccc3)nn(CCCC(=O)O)c2n1. The predicted molar refractivity (Wildman–Crippen MR) is 83.2 cm³/mol. The summed E-state index contributed by atoms with van der Waals surface area (Å²) in [5.74, 6) is 0.0442. The van der Waals surface area contributed by atoms with E-state index in [1.807, 2.05) is 53.7 Å². The van der Waals surface area contributed by atoms with Crippen LogP contribution < -0.4 is 0 Å². The summed E-state index contributed by atoms with van der Waals surface area (Å²) in [5, 5.41) is 14.5. The number of carboxylic acids is 1. The van der Waals surface area contributed by atoms with Crippen molar-refractivity contribution in [2.45, 2.75) is 33.2 Å². The molecule has 0 spiro atoms. The Morgan fingerprint density at radius 3 is 2.68 bits per heavy atom. The molecule has 0 fully saturated rings. The third kappa shape index (κ3) is 2.59. The summed E-state index contributed by atoms with van der Waals surface area (Å²) in [4.78, 5) is 15.3. The average molecular weight is 298 g/mol. The van der Waals surface area contributed by atoms with Gasteiger partial charge in [-0.25, -0.2) is 9.67 Å². The van der Waals surface area contributed by atoms with Gasteiger partial charge in [-0.05, 0) is 44.0 Å². The molecule has 0 aliphatic rings. The number of nitrogens with zero attached hydrogens (tertiary/aromatic N) is 4. The number of rotatable bonds is 5. The fourth-order valence-corrected chi connectivity index (χ4v) is 2.68. The molecular formula is C16H18N4O2. The Morgan fingerprint density at radius 2 is 2.00 bits per heavy atom. The van der Waals surface area contributed by atoms with E-state index in [2.05, 4.69) is 10.1 Å². The van der Waals surface area contributed by atoms with Crippen molar-refractivity contribution in [1.82, 2.24) is 19.3 Å². The molecule has 0 aliphatic heterocycles. The molecule has 0 bridgehead atoms. The van der Waals surface area contributed by atoms with Gasteiger partial charge in [-0.2, -0.15) is 5.10 Å². The van der Waals surface area contributed by atoms with E-state index in [-0.39, 0.29) is 6.42 Å². The first kappa shape index (κ1) is 14.3. The van der Waals surface area contributed by atoms with Crippen molar-refractivity contribution >= 4 is 17.0 Å². The van der Waals surface area contributed by atoms with Crippen molar-refractivity contribution in [2.24, 2.45) is 0 Å². The van der Waals surface area contributed by atoms with E-state index in [1.165, 1.54) is 0 Å². The number of carboxylic acid groups (broad SMARTS) is 1. The Bertz CT molecular complexity index is 818. The zero-order valence-corrected chi connectivity index (χ0v) is 12.7. The van der Waals surface area contributed by atoms with E-state index < -0.39 is 5.97 Å². The maximum absolute atomic E-state index is 10.7. The molecule has 3 rings (SSSR count). The molecule has 0 atom stereocenters. The van der Waals surface area contributed by atoms with Gasteiger partial charge in [0.2, 0.25) is 0 Å². The first-order chi connectivity index (χ1) is 10.6. The molecule has 0 radical (unpaired) electrons. The summed E-state index contributed by atoms with van der Waals surface area (Å²) in [6, 6.07) is 5.94. The minimum Gasteiger partial charge on any atom is -0.481 e. The van der Waals surface area contributed by atoms with Crippen LogP contribution in [0.1, 0.15) is 24.1 Å². The molecule has 114 valence electrons. The molecule has 0 saturated carbocycles. The number of carbonyl (C=O) groups is 1. The van der Waals surface area contributed by atoms with E-state index in [4.69, 9.17) is 5.11 Å². The molecule has 0 aliphatic carbocycles. The summed E-state index contributed by atoms with van der Waals surface area (Å²) in [5.41, 5.74) is 2.87. The van der Waals surface area contributed by atoms with Crippen molar-refractivity contribution < 1.29 is 9.90 Å². The molecule has 0 saturated heterocycles. The lowest BCUT2D eigenvalue weighted by Gasteiger charge is -2.03. The second-order valence-electron chi connectivity index (χ2n) is 5.41. The first-order valence-electron chi connectivity index (χ1n) is 7.26. The number of pyridine rings is 1. The molecular weight excluding hydrogens is 280 g/mol. The first-order valence-corrected chi connectivity index (χ1v) is 7.26. The van der Waals surface area contributed by atoms with Gasteiger partial charge in [-0.3, -0.25) is 4.79 Å². The Labute approximate surface area is 128 Å². The van der Waals surface area contributed by atoms with Crippen molar-refractivity contribution in [3.05, 3.63) is 41.9 Å². The molecule has 3 aromatic heterocycles. The Hall–Kier alpha value is -2.63. The lowest BCUT2D eigenvalue weighted by Crippen LogP contribution is -2.05. The van der Waals surface area contributed by atoms with Crippen LogP contribution in [0.25, 0.3) is 16.9 Å². The number of hydrogen-bond acceptors (Lipinski definition) is 3. The van der Waals surface area contributed by atoms with Crippen molar-refractivity contribution in [1.29, 1.82) is 0 Å². The largest absolute Gasteiger partial charge is 0.481 e. The highest BCUT2D eigenvalue weighted by atomic mass is 16.4. The van der Waals surface area contributed by atoms with Gasteiger partial charge in [0.25, 0.3) is 0 Å². The Balaban J connectivity index is 2.10. The molecule has 3 heterocycles. The molecule has 6 heteroatoms. The molecule has 0 unspecified atom stereocenters. The number of hydrogen-bond donors (Lipinski definition) is 1. The second-order valence-corrected chi connectivity index (χ2v) is 5.41. The highest BCUT2D eigenvalue weighted by molar-refractivity contribution is 5.87. The molecule has 6 nitrogen and oxygen atoms in total. The summed E-state index contributed by atoms with van der Waals surface area (Å²) < 4.78 is 3.77. The van der Waals surface area contributed by atoms with Gasteiger partial charge < -0.3 is 9.67 Å². The predicted octanol–water partition coefficient (Wildman–Crippen LogP) is 2.70. The third-order valence-electron chi connectivity index (χ3n) is 3.62. The van der Waals surface area contributed by atoms with Crippen molar-refractivity contribution in [2.75, 3.05) is 0 Å². The van der Waals surface area contributed by atoms with Gasteiger partial charge in [-0.1, -0.05) is 0 Å². The summed E-state index contributed by atoms with van der Waals surface area (Å²) in [7, 11) is 0. The molecule has 0 aromatic carbocycles. The van der Waals surface area contributed by atoms with E-state index in [0.29, 0.717) is 13.0 Å². The average Bonchev–Trinajstić information content (AvgIpc) is 3.06. The van der Waals surface area contributed by atoms with E-state index >= 15 is 0 Å². The van der Waals surface area contributed by atoms with Crippen LogP contribution in [-0.4, -0.2) is 30.4 Å². The van der Waals surface area contributed by atoms with Gasteiger partial charge in [0.1, 0.15) is 0 Å². The van der Waals surface area contributed by atoms with Crippen LogP contribution in [0.5, 0.6) is 0 Å². The standard InChI is InChI=1S/C16H18N4O2/c1-11-10-12(2)17-15-14(11)16(19-7-3-4-8-19)18-20(15)9-5-6-13(21)22/h3-4,7-8,10H,5-6,9H2,1-2H3,(H,21,22). The van der Waals surface area contributed by atoms with Gasteiger partial charge >= 0.3 is 5.97 Å². The number of aryl methyl sites for hydroxylation is 3. The minimum absolute atomic E-state index is 0.130. The van der Waals surface area contributed by atoms with Gasteiger partial charge in [0, 0.05) is 31.1 Å². The van der Waals surface area contributed by atoms with Crippen LogP contribution in [0.2, 0.25) is 0 Å². The van der Waals surface area contributed by atoms with Crippen LogP contribution in [0.15, 0.2) is 30.6 Å². The van der Waals surface area contributed by atoms with Crippen LogP contribution >= 0.6 is 0 Å². The molecule has 3 aromatic rings. The number of aliphatic carboxylic acids is 1. The zero-order chi connectivity index (χ0) is 15.7. The smallest absolute Gasteiger partial charge is 0.303 e. The van der Waals surface area contributed by atoms with Crippen LogP contribution in [0.3, 0.4) is 0 Å². The summed E-state index contributed by atoms with van der Waals surface area (Å²) in [6.07, 6.45) is 4.56. The van der Waals surface area contributed by atoms with Gasteiger partial charge in [0.15, 0.2) is 11.5 Å². The molecule has 22 heavy (non-hydrogen) atoms. The van der Waals surface area contributed by atoms with Crippen LogP contribution in [-0.2, 0) is 11.3 Å². The zero-order valence-electron chi connectivity index (χ0n) is 12.7. The quantitative estimate of drug-likeness (QED) is 0.786. The van der Waals surface area contributed by atoms with E-state index in [0.717, 1.165) is 28.1 Å². The van der Waals surface area contributed by atoms with Gasteiger partial charge in [-0.15, -0.1) is 0 Å². The Morgan fingerprint density at radius 1 is 1.27 bits per heavy atom. The minimum atomic E-state index is -0.789. The van der Waals surface area contributed by atoms with Crippen molar-refractivity contribution in [3.8, 4) is 5.82 Å². The molecule has 0 amide bonds. The third-order valence-corrected chi connectivity index (χ3v) is 3.62. The van der Waals surface area contributed by atoms with Crippen molar-refractivity contribution in [3.63, 3.8) is 0 Å². The second kappa shape index (κ2) is 5.63. The number of aromatic nitrogens is 4. The molecule has 1 N–H and O–H groups in total. The normalized spacial score (nSPS) is 11.2. The number of fused-ring (bicyclic) bond motifs is 1. The maximum Gasteiger partial charge on any atom is 0.303 e. The van der Waals surface area contributed by atoms with Crippen LogP contribution in [0, 0.1) is 13.8 Å². The van der Waals surface area contributed by atoms with E-state index in [1.54, 1.807) is 0 Å². The van der Waals surface area contributed by atoms with Crippen LogP contribution in [0.4, 0.5) is 0 Å². The Kier molecular flexibility index (Phi) is 3.66. The lowest BCUT2D eigenvalue weighted by molar-refractivity contribution is -0.137. The highest BCUT2D eigenvalue weighted by Crippen LogP contribution is 2.25. The highest BCUT2D eigenvalue weighted by Gasteiger charge is 2.16. The summed E-state index contributed by atoms with van der Waals surface area (Å²) in [6.45, 7) is 4.55. The topological polar surface area (TPSA) is 72.9 Å². The fraction of sp³-hybridized carbons (Fsp3) is 0.312. The summed E-state index contributed by atoms with van der Waals surface area (Å²) >= 11 is 0. The van der Waals surface area contributed by atoms with E-state index in [9.17, 15) is 4.79 Å². The fourth-order valence-electron chi connectivity index (χ4n) is 2.68. The maximum atomic E-state index is 10.7. The lowest BCUT2D eigenvalue weighted by atomic mass is 10.2. The monoisotopic (exact) mass is 298 g/mol.